The van der Waals surface area contributed by atoms with E-state index in [1.807, 2.05) is 0 Å². The molecule has 0 aromatic rings. The van der Waals surface area contributed by atoms with E-state index in [9.17, 15) is 14.7 Å². The van der Waals surface area contributed by atoms with E-state index in [4.69, 9.17) is 0 Å². The molecule has 1 unspecified atom stereocenters. The molecule has 0 radical (unpaired) electrons. The fourth-order valence-corrected chi connectivity index (χ4v) is 3.92. The van der Waals surface area contributed by atoms with E-state index in [0.717, 1.165) is 38.5 Å². The van der Waals surface area contributed by atoms with E-state index < -0.39 is 12.1 Å². The van der Waals surface area contributed by atoms with Gasteiger partial charge in [-0.15, -0.1) is 0 Å². The number of methoxy groups -OCH3 is 1. The molecule has 1 fully saturated rings. The van der Waals surface area contributed by atoms with Crippen molar-refractivity contribution in [3.8, 4) is 0 Å². The predicted molar refractivity (Wildman–Crippen MR) is 114 cm³/mol. The summed E-state index contributed by atoms with van der Waals surface area (Å²) < 4.78 is 4.52. The molecule has 3 atom stereocenters. The molecule has 4 heteroatoms. The van der Waals surface area contributed by atoms with Crippen LogP contribution in [0.2, 0.25) is 0 Å². The molecule has 0 saturated heterocycles. The number of carbonyl (C=O) groups excluding carboxylic acids is 2. The van der Waals surface area contributed by atoms with Gasteiger partial charge in [0, 0.05) is 12.3 Å². The van der Waals surface area contributed by atoms with E-state index in [2.05, 4.69) is 36.8 Å². The van der Waals surface area contributed by atoms with Crippen molar-refractivity contribution in [2.45, 2.75) is 97.0 Å². The van der Waals surface area contributed by atoms with Crippen LogP contribution in [-0.2, 0) is 14.3 Å². The van der Waals surface area contributed by atoms with Crippen molar-refractivity contribution in [1.29, 1.82) is 0 Å². The third-order valence-corrected chi connectivity index (χ3v) is 5.63. The van der Waals surface area contributed by atoms with Crippen molar-refractivity contribution in [1.82, 2.24) is 0 Å². The van der Waals surface area contributed by atoms with Gasteiger partial charge in [0.2, 0.25) is 0 Å². The Morgan fingerprint density at radius 3 is 2.57 bits per heavy atom. The Morgan fingerprint density at radius 1 is 1.14 bits per heavy atom. The highest BCUT2D eigenvalue weighted by Gasteiger charge is 2.32. The minimum absolute atomic E-state index is 0.166. The predicted octanol–water partition coefficient (Wildman–Crippen LogP) is 5.54. The fourth-order valence-electron chi connectivity index (χ4n) is 3.92. The van der Waals surface area contributed by atoms with Crippen molar-refractivity contribution in [2.24, 2.45) is 11.8 Å². The molecule has 1 saturated carbocycles. The van der Waals surface area contributed by atoms with Crippen molar-refractivity contribution in [2.75, 3.05) is 7.11 Å². The number of ether oxygens (including phenoxy) is 1. The Morgan fingerprint density at radius 2 is 1.86 bits per heavy atom. The number of esters is 1. The summed E-state index contributed by atoms with van der Waals surface area (Å²) in [5.74, 6) is 0.414. The number of hydrogen-bond donors (Lipinski definition) is 1. The molecule has 1 rings (SSSR count). The summed E-state index contributed by atoms with van der Waals surface area (Å²) in [5.41, 5.74) is 1.40. The van der Waals surface area contributed by atoms with Crippen molar-refractivity contribution < 1.29 is 19.4 Å². The summed E-state index contributed by atoms with van der Waals surface area (Å²) in [5, 5.41) is 9.58. The molecule has 28 heavy (non-hydrogen) atoms. The maximum absolute atomic E-state index is 12.2. The Bertz CT molecular complexity index is 517. The highest BCUT2D eigenvalue weighted by Crippen LogP contribution is 2.34. The summed E-state index contributed by atoms with van der Waals surface area (Å²) in [6.45, 7) is 4.29. The molecule has 0 bridgehead atoms. The first-order valence-electron chi connectivity index (χ1n) is 11.0. The summed E-state index contributed by atoms with van der Waals surface area (Å²) in [6.07, 6.45) is 17.6. The number of unbranched alkanes of at least 4 members (excludes halogenated alkanes) is 6. The molecule has 4 nitrogen and oxygen atoms in total. The molecule has 0 amide bonds. The van der Waals surface area contributed by atoms with Crippen LogP contribution >= 0.6 is 0 Å². The van der Waals surface area contributed by atoms with Crippen LogP contribution < -0.4 is 0 Å². The molecule has 0 aliphatic heterocycles. The zero-order chi connectivity index (χ0) is 20.8. The van der Waals surface area contributed by atoms with Gasteiger partial charge < -0.3 is 9.84 Å². The number of hydrogen-bond acceptors (Lipinski definition) is 4. The van der Waals surface area contributed by atoms with Crippen LogP contribution in [0.15, 0.2) is 23.8 Å². The molecule has 1 N–H and O–H groups in total. The second-order valence-electron chi connectivity index (χ2n) is 8.30. The summed E-state index contributed by atoms with van der Waals surface area (Å²) in [4.78, 5) is 23.4. The first kappa shape index (κ1) is 24.6. The molecule has 0 heterocycles. The zero-order valence-electron chi connectivity index (χ0n) is 18.1. The number of ketones is 1. The average Bonchev–Trinajstić information content (AvgIpc) is 3.02. The molecule has 1 aliphatic rings. The number of aliphatic hydroxyl groups is 1. The second kappa shape index (κ2) is 14.6. The van der Waals surface area contributed by atoms with Gasteiger partial charge in [0.15, 0.2) is 6.10 Å². The highest BCUT2D eigenvalue weighted by atomic mass is 16.5. The molecule has 1 aliphatic carbocycles. The number of rotatable bonds is 14. The van der Waals surface area contributed by atoms with Crippen LogP contribution in [0.3, 0.4) is 0 Å². The van der Waals surface area contributed by atoms with Crippen molar-refractivity contribution in [3.05, 3.63) is 23.8 Å². The number of Topliss-reactive ketones (excluding diaryl/α,β-unsaturated/α-hetero) is 1. The topological polar surface area (TPSA) is 63.6 Å². The van der Waals surface area contributed by atoms with E-state index in [1.165, 1.54) is 38.4 Å². The van der Waals surface area contributed by atoms with Gasteiger partial charge in [-0.1, -0.05) is 49.5 Å². The Kier molecular flexibility index (Phi) is 12.8. The first-order valence-corrected chi connectivity index (χ1v) is 11.0. The lowest BCUT2D eigenvalue weighted by atomic mass is 9.89. The normalized spacial score (nSPS) is 20.5. The number of aliphatic hydroxyl groups excluding tert-OH is 1. The van der Waals surface area contributed by atoms with Crippen molar-refractivity contribution in [3.63, 3.8) is 0 Å². The molecular weight excluding hydrogens is 352 g/mol. The molecule has 0 aromatic carbocycles. The molecular formula is C24H40O4. The van der Waals surface area contributed by atoms with Crippen LogP contribution in [0.5, 0.6) is 0 Å². The maximum atomic E-state index is 12.2. The second-order valence-corrected chi connectivity index (χ2v) is 8.30. The van der Waals surface area contributed by atoms with E-state index >= 15 is 0 Å². The highest BCUT2D eigenvalue weighted by molar-refractivity contribution is 5.83. The standard InChI is InChI=1S/C24H40O4/c1-19(2)13-9-6-4-5-7-10-14-20-17-18-22(25)21(20)15-11-8-12-16-23(26)24(27)28-3/h10,13-14,20-21,23,26H,4-9,11-12,15-18H2,1-3H3/b14-10+/t20-,21+,23?/m0/s1. The minimum Gasteiger partial charge on any atom is -0.467 e. The van der Waals surface area contributed by atoms with E-state index in [-0.39, 0.29) is 5.92 Å². The van der Waals surface area contributed by atoms with Gasteiger partial charge in [0.25, 0.3) is 0 Å². The largest absolute Gasteiger partial charge is 0.467 e. The lowest BCUT2D eigenvalue weighted by Gasteiger charge is -2.15. The van der Waals surface area contributed by atoms with Crippen LogP contribution in [0, 0.1) is 11.8 Å². The molecule has 160 valence electrons. The van der Waals surface area contributed by atoms with Gasteiger partial charge in [0.1, 0.15) is 5.78 Å². The Balaban J connectivity index is 2.19. The molecule has 0 aromatic heterocycles. The third kappa shape index (κ3) is 10.2. The van der Waals surface area contributed by atoms with Gasteiger partial charge >= 0.3 is 5.97 Å². The summed E-state index contributed by atoms with van der Waals surface area (Å²) >= 11 is 0. The average molecular weight is 393 g/mol. The third-order valence-electron chi connectivity index (χ3n) is 5.63. The van der Waals surface area contributed by atoms with E-state index in [1.54, 1.807) is 0 Å². The van der Waals surface area contributed by atoms with Gasteiger partial charge in [-0.2, -0.15) is 0 Å². The summed E-state index contributed by atoms with van der Waals surface area (Å²) in [6, 6.07) is 0. The van der Waals surface area contributed by atoms with Gasteiger partial charge in [-0.05, 0) is 64.7 Å². The lowest BCUT2D eigenvalue weighted by Crippen LogP contribution is -2.21. The summed E-state index contributed by atoms with van der Waals surface area (Å²) in [7, 11) is 1.29. The van der Waals surface area contributed by atoms with Crippen molar-refractivity contribution >= 4 is 11.8 Å². The quantitative estimate of drug-likeness (QED) is 0.239. The smallest absolute Gasteiger partial charge is 0.334 e. The van der Waals surface area contributed by atoms with Gasteiger partial charge in [0.05, 0.1) is 7.11 Å². The SMILES string of the molecule is COC(=O)C(O)CCCCC[C@H]1C(=O)CC[C@@H]1/C=C/CCCCCC=C(C)C. The Labute approximate surface area is 171 Å². The first-order chi connectivity index (χ1) is 13.5. The van der Waals surface area contributed by atoms with Crippen LogP contribution in [0.1, 0.15) is 90.9 Å². The fraction of sp³-hybridized carbons (Fsp3) is 0.750. The minimum atomic E-state index is -1.02. The van der Waals surface area contributed by atoms with Gasteiger partial charge in [-0.3, -0.25) is 4.79 Å². The van der Waals surface area contributed by atoms with Crippen LogP contribution in [0.4, 0.5) is 0 Å². The molecule has 0 spiro atoms. The lowest BCUT2D eigenvalue weighted by molar-refractivity contribution is -0.150. The zero-order valence-corrected chi connectivity index (χ0v) is 18.1. The number of allylic oxidation sites excluding steroid dienone is 4. The maximum Gasteiger partial charge on any atom is 0.334 e. The van der Waals surface area contributed by atoms with Crippen LogP contribution in [0.25, 0.3) is 0 Å². The number of carbonyl (C=O) groups is 2. The monoisotopic (exact) mass is 392 g/mol. The van der Waals surface area contributed by atoms with Gasteiger partial charge in [-0.25, -0.2) is 4.79 Å². The van der Waals surface area contributed by atoms with Crippen LogP contribution in [-0.4, -0.2) is 30.1 Å². The Hall–Kier alpha value is -1.42. The van der Waals surface area contributed by atoms with E-state index in [0.29, 0.717) is 24.5 Å².